The Morgan fingerprint density at radius 1 is 1.35 bits per heavy atom. The molecule has 0 bridgehead atoms. The number of nitrogens with zero attached hydrogens (tertiary/aromatic N) is 3. The molecule has 1 aromatic carbocycles. The lowest BCUT2D eigenvalue weighted by molar-refractivity contribution is -0.305. The summed E-state index contributed by atoms with van der Waals surface area (Å²) in [6.45, 7) is 6.35. The van der Waals surface area contributed by atoms with Gasteiger partial charge in [-0.2, -0.15) is 5.10 Å². The number of aromatic amines is 1. The number of hydrogen-bond acceptors (Lipinski definition) is 5. The maximum atomic E-state index is 13.0. The molecular weight excluding hydrogens is 471 g/mol. The van der Waals surface area contributed by atoms with E-state index in [1.54, 1.807) is 12.1 Å². The van der Waals surface area contributed by atoms with Crippen LogP contribution in [0, 0.1) is 0 Å². The number of nitrogens with one attached hydrogen (secondary N) is 2. The van der Waals surface area contributed by atoms with Crippen molar-refractivity contribution in [3.63, 3.8) is 0 Å². The van der Waals surface area contributed by atoms with E-state index in [0.29, 0.717) is 34.2 Å². The molecule has 1 aliphatic rings. The van der Waals surface area contributed by atoms with Crippen molar-refractivity contribution >= 4 is 35.0 Å². The highest BCUT2D eigenvalue weighted by atomic mass is 35.5. The summed E-state index contributed by atoms with van der Waals surface area (Å²) in [5, 5.41) is 9.67. The van der Waals surface area contributed by atoms with Gasteiger partial charge in [-0.25, -0.2) is 9.67 Å². The van der Waals surface area contributed by atoms with Crippen LogP contribution in [-0.4, -0.2) is 38.7 Å². The third-order valence-electron chi connectivity index (χ3n) is 5.56. The number of halogens is 4. The molecule has 0 spiro atoms. The highest BCUT2D eigenvalue weighted by Crippen LogP contribution is 2.24. The number of alkyl halides is 3. The lowest BCUT2D eigenvalue weighted by Crippen LogP contribution is -2.34. The highest BCUT2D eigenvalue weighted by molar-refractivity contribution is 6.34. The van der Waals surface area contributed by atoms with Crippen LogP contribution in [-0.2, 0) is 17.7 Å². The topological polar surface area (TPSA) is 84.8 Å². The van der Waals surface area contributed by atoms with E-state index < -0.39 is 12.1 Å². The van der Waals surface area contributed by atoms with E-state index >= 15 is 0 Å². The molecule has 1 unspecified atom stereocenters. The molecule has 1 fully saturated rings. The van der Waals surface area contributed by atoms with Gasteiger partial charge in [0.1, 0.15) is 11.6 Å². The molecule has 7 nitrogen and oxygen atoms in total. The van der Waals surface area contributed by atoms with E-state index in [1.807, 2.05) is 12.1 Å². The molecule has 0 saturated carbocycles. The molecule has 1 aliphatic heterocycles. The fourth-order valence-electron chi connectivity index (χ4n) is 3.97. The van der Waals surface area contributed by atoms with Crippen molar-refractivity contribution in [1.29, 1.82) is 0 Å². The zero-order chi connectivity index (χ0) is 24.5. The van der Waals surface area contributed by atoms with Crippen molar-refractivity contribution in [2.75, 3.05) is 6.54 Å². The first kappa shape index (κ1) is 24.0. The van der Waals surface area contributed by atoms with Crippen molar-refractivity contribution in [3.8, 4) is 0 Å². The molecule has 34 heavy (non-hydrogen) atoms. The van der Waals surface area contributed by atoms with E-state index in [0.717, 1.165) is 26.3 Å². The van der Waals surface area contributed by atoms with Gasteiger partial charge in [0.05, 0.1) is 39.8 Å². The second-order valence-electron chi connectivity index (χ2n) is 8.09. The number of fused-ring (bicyclic) bond motifs is 1. The predicted molar refractivity (Wildman–Crippen MR) is 123 cm³/mol. The van der Waals surface area contributed by atoms with Crippen molar-refractivity contribution in [3.05, 3.63) is 67.6 Å². The van der Waals surface area contributed by atoms with Crippen LogP contribution < -0.4 is 21.6 Å². The van der Waals surface area contributed by atoms with Crippen LogP contribution in [0.1, 0.15) is 31.3 Å². The van der Waals surface area contributed by atoms with Gasteiger partial charge < -0.3 is 15.0 Å². The first-order valence-electron chi connectivity index (χ1n) is 10.7. The number of hydrogen-bond donors (Lipinski definition) is 2. The van der Waals surface area contributed by atoms with Crippen LogP contribution in [0.2, 0.25) is 0 Å². The molecule has 1 atom stereocenters. The van der Waals surface area contributed by atoms with Gasteiger partial charge in [-0.3, -0.25) is 4.79 Å². The fourth-order valence-corrected chi connectivity index (χ4v) is 4.11. The Labute approximate surface area is 197 Å². The van der Waals surface area contributed by atoms with Crippen LogP contribution in [0.5, 0.6) is 0 Å². The minimum absolute atomic E-state index is 0.156. The summed E-state index contributed by atoms with van der Waals surface area (Å²) in [6.07, 6.45) is -1.30. The minimum Gasteiger partial charge on any atom is -0.409 e. The molecule has 0 radical (unpaired) electrons. The fraction of sp³-hybridized carbons (Fsp3) is 0.348. The van der Waals surface area contributed by atoms with Gasteiger partial charge in [-0.15, -0.1) is 13.2 Å². The summed E-state index contributed by atoms with van der Waals surface area (Å²) in [7, 11) is 0. The van der Waals surface area contributed by atoms with E-state index in [9.17, 15) is 18.0 Å². The van der Waals surface area contributed by atoms with Crippen molar-refractivity contribution in [1.82, 2.24) is 25.1 Å². The average molecular weight is 494 g/mol. The quantitative estimate of drug-likeness (QED) is 0.516. The largest absolute Gasteiger partial charge is 0.572 e. The Balaban J connectivity index is 1.69. The molecule has 0 aliphatic carbocycles. The molecule has 0 amide bonds. The molecular formula is C23H23ClF3N5O2. The third-order valence-corrected chi connectivity index (χ3v) is 5.94. The Kier molecular flexibility index (Phi) is 6.81. The van der Waals surface area contributed by atoms with Crippen molar-refractivity contribution in [2.24, 2.45) is 0 Å². The highest BCUT2D eigenvalue weighted by Gasteiger charge is 2.31. The SMILES string of the molecule is C=c1[nH]c(Cc2nn(CC3CCCN3)c(=O)c3ccccc23)n/c1=C/C(Cl)=C(\C)OC(F)(F)F. The second-order valence-corrected chi connectivity index (χ2v) is 8.50. The van der Waals surface area contributed by atoms with Crippen LogP contribution >= 0.6 is 11.6 Å². The second kappa shape index (κ2) is 9.63. The van der Waals surface area contributed by atoms with Gasteiger partial charge in [0, 0.05) is 11.4 Å². The summed E-state index contributed by atoms with van der Waals surface area (Å²) in [5.41, 5.74) is 0.489. The first-order valence-corrected chi connectivity index (χ1v) is 11.1. The summed E-state index contributed by atoms with van der Waals surface area (Å²) in [6, 6.07) is 7.42. The summed E-state index contributed by atoms with van der Waals surface area (Å²) < 4.78 is 42.7. The van der Waals surface area contributed by atoms with Crippen LogP contribution in [0.15, 0.2) is 39.9 Å². The molecule has 3 heterocycles. The average Bonchev–Trinajstić information content (AvgIpc) is 3.40. The zero-order valence-electron chi connectivity index (χ0n) is 18.4. The number of rotatable bonds is 6. The molecule has 11 heteroatoms. The Morgan fingerprint density at radius 2 is 2.09 bits per heavy atom. The molecule has 3 aromatic rings. The number of ether oxygens (including phenoxy) is 1. The lowest BCUT2D eigenvalue weighted by Gasteiger charge is -2.14. The Bertz CT molecular complexity index is 1400. The Hall–Kier alpha value is -3.11. The van der Waals surface area contributed by atoms with Crippen molar-refractivity contribution < 1.29 is 17.9 Å². The molecule has 1 saturated heterocycles. The summed E-state index contributed by atoms with van der Waals surface area (Å²) in [4.78, 5) is 20.4. The summed E-state index contributed by atoms with van der Waals surface area (Å²) in [5.74, 6) is -0.0182. The number of allylic oxidation sites excluding steroid dienone is 2. The zero-order valence-corrected chi connectivity index (χ0v) is 19.1. The number of imidazole rings is 1. The predicted octanol–water partition coefficient (Wildman–Crippen LogP) is 2.66. The van der Waals surface area contributed by atoms with Crippen LogP contribution in [0.25, 0.3) is 23.4 Å². The number of H-pyrrole nitrogens is 1. The van der Waals surface area contributed by atoms with E-state index in [2.05, 4.69) is 31.7 Å². The molecule has 2 N–H and O–H groups in total. The minimum atomic E-state index is -4.84. The van der Waals surface area contributed by atoms with Gasteiger partial charge in [0.15, 0.2) is 0 Å². The van der Waals surface area contributed by atoms with Gasteiger partial charge in [0.25, 0.3) is 5.56 Å². The monoisotopic (exact) mass is 493 g/mol. The van der Waals surface area contributed by atoms with Crippen molar-refractivity contribution in [2.45, 2.75) is 45.1 Å². The molecule has 4 rings (SSSR count). The normalized spacial score (nSPS) is 17.9. The number of benzene rings is 1. The standard InChI is InChI=1S/C23H23ClF3N5O2/c1-13-19(10-18(24)14(2)34-23(25,26)27)30-21(29-13)11-20-16-7-3-4-8-17(16)22(33)32(31-20)12-15-6-5-9-28-15/h3-4,7-8,10,15,28H,1,5-6,9,11-12H2,2H3,(H,29,30)/b18-14-,19-10+. The van der Waals surface area contributed by atoms with Crippen LogP contribution in [0.3, 0.4) is 0 Å². The molecule has 180 valence electrons. The van der Waals surface area contributed by atoms with Gasteiger partial charge in [-0.05, 0) is 38.5 Å². The maximum absolute atomic E-state index is 13.0. The van der Waals surface area contributed by atoms with E-state index in [4.69, 9.17) is 11.6 Å². The van der Waals surface area contributed by atoms with E-state index in [-0.39, 0.29) is 28.4 Å². The maximum Gasteiger partial charge on any atom is 0.572 e. The molecule has 2 aromatic heterocycles. The first-order chi connectivity index (χ1) is 16.1. The Morgan fingerprint density at radius 3 is 2.76 bits per heavy atom. The lowest BCUT2D eigenvalue weighted by atomic mass is 10.1. The van der Waals surface area contributed by atoms with Gasteiger partial charge >= 0.3 is 6.36 Å². The smallest absolute Gasteiger partial charge is 0.409 e. The third kappa shape index (κ3) is 5.51. The van der Waals surface area contributed by atoms with Crippen LogP contribution in [0.4, 0.5) is 13.2 Å². The number of aromatic nitrogens is 4. The van der Waals surface area contributed by atoms with Gasteiger partial charge in [0.2, 0.25) is 0 Å². The van der Waals surface area contributed by atoms with E-state index in [1.165, 1.54) is 10.8 Å². The van der Waals surface area contributed by atoms with Gasteiger partial charge in [-0.1, -0.05) is 36.4 Å². The summed E-state index contributed by atoms with van der Waals surface area (Å²) >= 11 is 5.97.